The molecule has 4 rings (SSSR count). The van der Waals surface area contributed by atoms with Crippen molar-refractivity contribution in [3.63, 3.8) is 0 Å². The second-order valence-electron chi connectivity index (χ2n) is 7.04. The van der Waals surface area contributed by atoms with Gasteiger partial charge in [-0.25, -0.2) is 14.8 Å². The smallest absolute Gasteiger partial charge is 0.325 e. The molecule has 1 aliphatic heterocycles. The van der Waals surface area contributed by atoms with Gasteiger partial charge < -0.3 is 10.6 Å². The summed E-state index contributed by atoms with van der Waals surface area (Å²) in [6.45, 7) is 2.50. The highest BCUT2D eigenvalue weighted by Gasteiger charge is 2.59. The van der Waals surface area contributed by atoms with Crippen LogP contribution in [0.4, 0.5) is 10.6 Å². The summed E-state index contributed by atoms with van der Waals surface area (Å²) in [4.78, 5) is 34.1. The average Bonchev–Trinajstić information content (AvgIpc) is 3.34. The van der Waals surface area contributed by atoms with E-state index in [2.05, 4.69) is 27.5 Å². The van der Waals surface area contributed by atoms with Crippen molar-refractivity contribution in [2.24, 2.45) is 0 Å². The number of anilines is 1. The summed E-state index contributed by atoms with van der Waals surface area (Å²) in [6.07, 6.45) is 4.57. The van der Waals surface area contributed by atoms with Gasteiger partial charge in [-0.3, -0.25) is 9.69 Å². The molecule has 2 aliphatic rings. The van der Waals surface area contributed by atoms with Gasteiger partial charge in [0.05, 0.1) is 5.52 Å². The number of nitrogens with one attached hydrogen (secondary N) is 2. The number of urea groups is 1. The minimum Gasteiger partial charge on any atom is -0.367 e. The monoisotopic (exact) mass is 373 g/mol. The van der Waals surface area contributed by atoms with Crippen LogP contribution in [0, 0.1) is 0 Å². The lowest BCUT2D eigenvalue weighted by atomic mass is 10.1. The Balaban J connectivity index is 1.34. The maximum atomic E-state index is 12.2. The fourth-order valence-corrected chi connectivity index (χ4v) is 3.52. The molecule has 1 aromatic carbocycles. The van der Waals surface area contributed by atoms with Crippen molar-refractivity contribution < 1.29 is 9.59 Å². The Kier molecular flexibility index (Phi) is 4.19. The maximum Gasteiger partial charge on any atom is 0.325 e. The van der Waals surface area contributed by atoms with Crippen molar-refractivity contribution in [3.05, 3.63) is 29.5 Å². The van der Waals surface area contributed by atoms with Crippen LogP contribution in [0.1, 0.15) is 32.6 Å². The average molecular weight is 374 g/mol. The molecule has 2 N–H and O–H groups in total. The van der Waals surface area contributed by atoms with Gasteiger partial charge in [0, 0.05) is 23.0 Å². The van der Waals surface area contributed by atoms with Crippen molar-refractivity contribution >= 4 is 40.3 Å². The number of rotatable bonds is 6. The third-order valence-corrected chi connectivity index (χ3v) is 5.23. The van der Waals surface area contributed by atoms with E-state index in [-0.39, 0.29) is 18.0 Å². The second kappa shape index (κ2) is 6.39. The van der Waals surface area contributed by atoms with E-state index in [1.165, 1.54) is 11.2 Å². The first kappa shape index (κ1) is 17.0. The van der Waals surface area contributed by atoms with Crippen molar-refractivity contribution in [1.29, 1.82) is 0 Å². The summed E-state index contributed by atoms with van der Waals surface area (Å²) in [6, 6.07) is 5.40. The SMILES string of the molecule is C[C@H](CCCN1C(=O)NC2(CC2)C1=O)Nc1ncnc2cc(Cl)ccc12. The molecule has 7 nitrogen and oxygen atoms in total. The molecule has 8 heteroatoms. The number of carbonyl (C=O) groups excluding carboxylic acids is 2. The van der Waals surface area contributed by atoms with Gasteiger partial charge in [0.2, 0.25) is 0 Å². The molecule has 1 aromatic heterocycles. The quantitative estimate of drug-likeness (QED) is 0.760. The van der Waals surface area contributed by atoms with Crippen molar-refractivity contribution in [2.75, 3.05) is 11.9 Å². The largest absolute Gasteiger partial charge is 0.367 e. The van der Waals surface area contributed by atoms with E-state index >= 15 is 0 Å². The Morgan fingerprint density at radius 2 is 2.15 bits per heavy atom. The lowest BCUT2D eigenvalue weighted by Gasteiger charge is -2.18. The molecule has 2 fully saturated rings. The van der Waals surface area contributed by atoms with Crippen LogP contribution in [-0.2, 0) is 4.79 Å². The van der Waals surface area contributed by atoms with E-state index in [0.29, 0.717) is 11.6 Å². The fraction of sp³-hybridized carbons (Fsp3) is 0.444. The van der Waals surface area contributed by atoms with Gasteiger partial charge in [-0.05, 0) is 50.8 Å². The number of fused-ring (bicyclic) bond motifs is 1. The Labute approximate surface area is 156 Å². The lowest BCUT2D eigenvalue weighted by Crippen LogP contribution is -2.33. The molecule has 1 saturated heterocycles. The standard InChI is InChI=1S/C18H20ClN5O2/c1-11(3-2-8-24-16(25)18(6-7-18)23-17(24)26)22-15-13-5-4-12(19)9-14(13)20-10-21-15/h4-5,9-11H,2-3,6-8H2,1H3,(H,23,26)(H,20,21,22)/t11-/m1/s1. The van der Waals surface area contributed by atoms with Gasteiger partial charge in [-0.2, -0.15) is 0 Å². The molecular weight excluding hydrogens is 354 g/mol. The number of carbonyl (C=O) groups is 2. The van der Waals surface area contributed by atoms with E-state index in [4.69, 9.17) is 11.6 Å². The lowest BCUT2D eigenvalue weighted by molar-refractivity contribution is -0.128. The maximum absolute atomic E-state index is 12.2. The van der Waals surface area contributed by atoms with E-state index in [9.17, 15) is 9.59 Å². The molecule has 1 aliphatic carbocycles. The first-order valence-electron chi connectivity index (χ1n) is 8.79. The van der Waals surface area contributed by atoms with Gasteiger partial charge in [-0.1, -0.05) is 11.6 Å². The first-order chi connectivity index (χ1) is 12.5. The van der Waals surface area contributed by atoms with Crippen molar-refractivity contribution in [1.82, 2.24) is 20.2 Å². The molecule has 0 bridgehead atoms. The highest BCUT2D eigenvalue weighted by Crippen LogP contribution is 2.40. The van der Waals surface area contributed by atoms with Crippen LogP contribution in [-0.4, -0.2) is 44.9 Å². The molecule has 1 atom stereocenters. The molecule has 1 saturated carbocycles. The van der Waals surface area contributed by atoms with Crippen molar-refractivity contribution in [3.8, 4) is 0 Å². The Hall–Kier alpha value is -2.41. The number of hydrogen-bond donors (Lipinski definition) is 2. The molecular formula is C18H20ClN5O2. The summed E-state index contributed by atoms with van der Waals surface area (Å²) >= 11 is 6.01. The third-order valence-electron chi connectivity index (χ3n) is 5.00. The Morgan fingerprint density at radius 1 is 1.35 bits per heavy atom. The number of hydrogen-bond acceptors (Lipinski definition) is 5. The van der Waals surface area contributed by atoms with Crippen LogP contribution in [0.2, 0.25) is 5.02 Å². The van der Waals surface area contributed by atoms with Crippen molar-refractivity contribution in [2.45, 2.75) is 44.2 Å². The minimum atomic E-state index is -0.567. The van der Waals surface area contributed by atoms with Gasteiger partial charge in [0.25, 0.3) is 5.91 Å². The predicted octanol–water partition coefficient (Wildman–Crippen LogP) is 2.95. The highest BCUT2D eigenvalue weighted by atomic mass is 35.5. The number of imide groups is 1. The zero-order valence-electron chi connectivity index (χ0n) is 14.5. The summed E-state index contributed by atoms with van der Waals surface area (Å²) in [7, 11) is 0. The molecule has 3 amide bonds. The van der Waals surface area contributed by atoms with Gasteiger partial charge in [0.15, 0.2) is 0 Å². The summed E-state index contributed by atoms with van der Waals surface area (Å²) in [5.74, 6) is 0.688. The van der Waals surface area contributed by atoms with Gasteiger partial charge in [0.1, 0.15) is 17.7 Å². The van der Waals surface area contributed by atoms with E-state index in [1.807, 2.05) is 12.1 Å². The Morgan fingerprint density at radius 3 is 2.88 bits per heavy atom. The van der Waals surface area contributed by atoms with E-state index < -0.39 is 5.54 Å². The minimum absolute atomic E-state index is 0.0678. The van der Waals surface area contributed by atoms with Crippen LogP contribution >= 0.6 is 11.6 Å². The Bertz CT molecular complexity index is 883. The highest BCUT2D eigenvalue weighted by molar-refractivity contribution is 6.31. The third kappa shape index (κ3) is 3.07. The van der Waals surface area contributed by atoms with Crippen LogP contribution in [0.25, 0.3) is 10.9 Å². The topological polar surface area (TPSA) is 87.2 Å². The van der Waals surface area contributed by atoms with E-state index in [1.54, 1.807) is 6.07 Å². The molecule has 2 heterocycles. The normalized spacial score (nSPS) is 19.1. The number of benzene rings is 1. The molecule has 26 heavy (non-hydrogen) atoms. The molecule has 136 valence electrons. The van der Waals surface area contributed by atoms with E-state index in [0.717, 1.165) is 42.4 Å². The number of halogens is 1. The molecule has 0 unspecified atom stereocenters. The molecule has 1 spiro atoms. The zero-order valence-corrected chi connectivity index (χ0v) is 15.2. The fourth-order valence-electron chi connectivity index (χ4n) is 3.35. The van der Waals surface area contributed by atoms with Crippen LogP contribution in [0.5, 0.6) is 0 Å². The van der Waals surface area contributed by atoms with Gasteiger partial charge >= 0.3 is 6.03 Å². The number of amides is 3. The second-order valence-corrected chi connectivity index (χ2v) is 7.48. The first-order valence-corrected chi connectivity index (χ1v) is 9.17. The molecule has 2 aromatic rings. The zero-order chi connectivity index (χ0) is 18.3. The van der Waals surface area contributed by atoms with Gasteiger partial charge in [-0.15, -0.1) is 0 Å². The number of aromatic nitrogens is 2. The summed E-state index contributed by atoms with van der Waals surface area (Å²) in [5, 5.41) is 7.73. The predicted molar refractivity (Wildman–Crippen MR) is 99.1 cm³/mol. The van der Waals surface area contributed by atoms with Crippen LogP contribution < -0.4 is 10.6 Å². The molecule has 0 radical (unpaired) electrons. The summed E-state index contributed by atoms with van der Waals surface area (Å²) in [5.41, 5.74) is 0.221. The van der Waals surface area contributed by atoms with Crippen LogP contribution in [0.3, 0.4) is 0 Å². The summed E-state index contributed by atoms with van der Waals surface area (Å²) < 4.78 is 0. The number of nitrogens with zero attached hydrogens (tertiary/aromatic N) is 3. The van der Waals surface area contributed by atoms with Crippen LogP contribution in [0.15, 0.2) is 24.5 Å².